The molecule has 5 nitrogen and oxygen atoms in total. The van der Waals surface area contributed by atoms with Gasteiger partial charge in [-0.1, -0.05) is 0 Å². The van der Waals surface area contributed by atoms with E-state index >= 15 is 0 Å². The van der Waals surface area contributed by atoms with Crippen LogP contribution >= 0.6 is 0 Å². The van der Waals surface area contributed by atoms with Gasteiger partial charge in [0.2, 0.25) is 0 Å². The Morgan fingerprint density at radius 3 is 2.74 bits per heavy atom. The van der Waals surface area contributed by atoms with Crippen molar-refractivity contribution in [3.05, 3.63) is 11.9 Å². The Bertz CT molecular complexity index is 438. The smallest absolute Gasteiger partial charge is 0.134 e. The number of nitrogens with one attached hydrogen (secondary N) is 2. The minimum atomic E-state index is 0.00874. The van der Waals surface area contributed by atoms with Crippen LogP contribution in [0.1, 0.15) is 33.5 Å². The topological polar surface area (TPSA) is 53.1 Å². The van der Waals surface area contributed by atoms with Gasteiger partial charge in [-0.15, -0.1) is 0 Å². The lowest BCUT2D eigenvalue weighted by Gasteiger charge is -2.33. The normalized spacial score (nSPS) is 20.5. The van der Waals surface area contributed by atoms with Gasteiger partial charge in [-0.05, 0) is 34.6 Å². The predicted molar refractivity (Wildman–Crippen MR) is 79.8 cm³/mol. The van der Waals surface area contributed by atoms with Crippen molar-refractivity contribution in [1.29, 1.82) is 0 Å². The van der Waals surface area contributed by atoms with E-state index in [1.165, 1.54) is 0 Å². The number of rotatable bonds is 2. The van der Waals surface area contributed by atoms with Crippen molar-refractivity contribution in [2.75, 3.05) is 29.9 Å². The van der Waals surface area contributed by atoms with Gasteiger partial charge >= 0.3 is 0 Å². The highest BCUT2D eigenvalue weighted by molar-refractivity contribution is 5.50. The van der Waals surface area contributed by atoms with Crippen LogP contribution < -0.4 is 15.5 Å². The molecule has 106 valence electrons. The maximum Gasteiger partial charge on any atom is 0.134 e. The van der Waals surface area contributed by atoms with Crippen LogP contribution in [0.5, 0.6) is 0 Å². The lowest BCUT2D eigenvalue weighted by atomic mass is 10.1. The number of aromatic nitrogens is 2. The molecule has 1 atom stereocenters. The fraction of sp³-hybridized carbons (Fsp3) is 0.714. The van der Waals surface area contributed by atoms with Crippen molar-refractivity contribution in [2.24, 2.45) is 0 Å². The molecule has 0 bridgehead atoms. The summed E-state index contributed by atoms with van der Waals surface area (Å²) in [7, 11) is 0. The molecule has 0 saturated carbocycles. The highest BCUT2D eigenvalue weighted by Gasteiger charge is 2.19. The molecule has 0 radical (unpaired) electrons. The van der Waals surface area contributed by atoms with Crippen molar-refractivity contribution in [3.8, 4) is 0 Å². The third-order valence-corrected chi connectivity index (χ3v) is 3.02. The minimum Gasteiger partial charge on any atom is -0.365 e. The average molecular weight is 263 g/mol. The fourth-order valence-corrected chi connectivity index (χ4v) is 2.30. The fourth-order valence-electron chi connectivity index (χ4n) is 2.30. The molecule has 2 rings (SSSR count). The second-order valence-electron chi connectivity index (χ2n) is 6.33. The highest BCUT2D eigenvalue weighted by atomic mass is 15.3. The molecule has 1 aromatic heterocycles. The summed E-state index contributed by atoms with van der Waals surface area (Å²) in [5, 5.41) is 6.87. The monoisotopic (exact) mass is 263 g/mol. The Morgan fingerprint density at radius 2 is 2.11 bits per heavy atom. The maximum atomic E-state index is 4.57. The molecule has 1 saturated heterocycles. The second kappa shape index (κ2) is 5.33. The molecule has 19 heavy (non-hydrogen) atoms. The maximum absolute atomic E-state index is 4.57. The molecule has 1 aliphatic rings. The standard InChI is InChI=1S/C14H25N5/c1-10-9-19(7-6-15-10)13-8-12(16-11(2)17-13)18-14(3,4)5/h8,10,15H,6-7,9H2,1-5H3,(H,16,17,18). The van der Waals surface area contributed by atoms with Gasteiger partial charge in [0.1, 0.15) is 17.5 Å². The van der Waals surface area contributed by atoms with Crippen molar-refractivity contribution in [1.82, 2.24) is 15.3 Å². The van der Waals surface area contributed by atoms with Crippen LogP contribution in [-0.4, -0.2) is 41.2 Å². The number of aryl methyl sites for hydroxylation is 1. The first-order chi connectivity index (χ1) is 8.83. The first-order valence-corrected chi connectivity index (χ1v) is 6.96. The molecule has 1 aromatic rings. The third-order valence-electron chi connectivity index (χ3n) is 3.02. The first-order valence-electron chi connectivity index (χ1n) is 6.96. The summed E-state index contributed by atoms with van der Waals surface area (Å²) in [5.41, 5.74) is 0.00874. The quantitative estimate of drug-likeness (QED) is 0.852. The van der Waals surface area contributed by atoms with Gasteiger partial charge < -0.3 is 15.5 Å². The molecule has 2 N–H and O–H groups in total. The Labute approximate surface area is 115 Å². The van der Waals surface area contributed by atoms with E-state index in [0.29, 0.717) is 6.04 Å². The van der Waals surface area contributed by atoms with Crippen LogP contribution in [0.25, 0.3) is 0 Å². The second-order valence-corrected chi connectivity index (χ2v) is 6.33. The Balaban J connectivity index is 2.21. The van der Waals surface area contributed by atoms with Gasteiger partial charge in [-0.3, -0.25) is 0 Å². The molecular weight excluding hydrogens is 238 g/mol. The van der Waals surface area contributed by atoms with Crippen molar-refractivity contribution < 1.29 is 0 Å². The summed E-state index contributed by atoms with van der Waals surface area (Å²) in [6.45, 7) is 13.6. The summed E-state index contributed by atoms with van der Waals surface area (Å²) in [4.78, 5) is 11.4. The molecule has 0 aromatic carbocycles. The van der Waals surface area contributed by atoms with Crippen LogP contribution in [0.15, 0.2) is 6.07 Å². The summed E-state index contributed by atoms with van der Waals surface area (Å²) >= 11 is 0. The van der Waals surface area contributed by atoms with E-state index in [-0.39, 0.29) is 5.54 Å². The van der Waals surface area contributed by atoms with Crippen molar-refractivity contribution in [2.45, 2.75) is 46.2 Å². The van der Waals surface area contributed by atoms with Crippen LogP contribution in [-0.2, 0) is 0 Å². The number of hydrogen-bond donors (Lipinski definition) is 2. The molecule has 0 spiro atoms. The first kappa shape index (κ1) is 14.1. The highest BCUT2D eigenvalue weighted by Crippen LogP contribution is 2.19. The molecule has 5 heteroatoms. The number of piperazine rings is 1. The van der Waals surface area contributed by atoms with Gasteiger partial charge in [0.05, 0.1) is 0 Å². The Morgan fingerprint density at radius 1 is 1.37 bits per heavy atom. The minimum absolute atomic E-state index is 0.00874. The van der Waals surface area contributed by atoms with E-state index in [4.69, 9.17) is 0 Å². The van der Waals surface area contributed by atoms with Crippen molar-refractivity contribution in [3.63, 3.8) is 0 Å². The van der Waals surface area contributed by atoms with E-state index in [1.807, 2.05) is 6.92 Å². The van der Waals surface area contributed by atoms with E-state index in [2.05, 4.69) is 59.3 Å². The van der Waals surface area contributed by atoms with Crippen molar-refractivity contribution >= 4 is 11.6 Å². The number of anilines is 2. The average Bonchev–Trinajstić information content (AvgIpc) is 2.25. The lowest BCUT2D eigenvalue weighted by molar-refractivity contribution is 0.482. The molecule has 1 fully saturated rings. The molecule has 1 unspecified atom stereocenters. The molecule has 2 heterocycles. The summed E-state index contributed by atoms with van der Waals surface area (Å²) in [6, 6.07) is 2.55. The number of hydrogen-bond acceptors (Lipinski definition) is 5. The SMILES string of the molecule is Cc1nc(NC(C)(C)C)cc(N2CCNC(C)C2)n1. The van der Waals surface area contributed by atoms with Gasteiger partial charge in [-0.25, -0.2) is 9.97 Å². The molecule has 1 aliphatic heterocycles. The zero-order valence-corrected chi connectivity index (χ0v) is 12.6. The Hall–Kier alpha value is -1.36. The largest absolute Gasteiger partial charge is 0.365 e. The van der Waals surface area contributed by atoms with Crippen LogP contribution in [0, 0.1) is 6.92 Å². The van der Waals surface area contributed by atoms with Crippen LogP contribution in [0.3, 0.4) is 0 Å². The zero-order valence-electron chi connectivity index (χ0n) is 12.6. The predicted octanol–water partition coefficient (Wildman–Crippen LogP) is 1.79. The lowest BCUT2D eigenvalue weighted by Crippen LogP contribution is -2.49. The van der Waals surface area contributed by atoms with Crippen LogP contribution in [0.4, 0.5) is 11.6 Å². The molecular formula is C14H25N5. The summed E-state index contributed by atoms with van der Waals surface area (Å²) in [5.74, 6) is 2.74. The van der Waals surface area contributed by atoms with E-state index in [1.54, 1.807) is 0 Å². The van der Waals surface area contributed by atoms with Crippen LogP contribution in [0.2, 0.25) is 0 Å². The van der Waals surface area contributed by atoms with E-state index in [0.717, 1.165) is 37.1 Å². The molecule has 0 aliphatic carbocycles. The van der Waals surface area contributed by atoms with E-state index < -0.39 is 0 Å². The van der Waals surface area contributed by atoms with Gasteiger partial charge in [-0.2, -0.15) is 0 Å². The van der Waals surface area contributed by atoms with Gasteiger partial charge in [0, 0.05) is 37.3 Å². The third kappa shape index (κ3) is 4.06. The molecule has 0 amide bonds. The summed E-state index contributed by atoms with van der Waals surface area (Å²) in [6.07, 6.45) is 0. The Kier molecular flexibility index (Phi) is 3.94. The number of nitrogens with zero attached hydrogens (tertiary/aromatic N) is 3. The zero-order chi connectivity index (χ0) is 14.0. The van der Waals surface area contributed by atoms with Gasteiger partial charge in [0.25, 0.3) is 0 Å². The van der Waals surface area contributed by atoms with E-state index in [9.17, 15) is 0 Å². The van der Waals surface area contributed by atoms with Gasteiger partial charge in [0.15, 0.2) is 0 Å². The summed E-state index contributed by atoms with van der Waals surface area (Å²) < 4.78 is 0.